The SMILES string of the molecule is CCc1cc(Br)ccc1N1CC(SC(C)=O)CC1=O. The Kier molecular flexibility index (Phi) is 4.68. The Morgan fingerprint density at radius 3 is 2.89 bits per heavy atom. The normalized spacial score (nSPS) is 19.0. The summed E-state index contributed by atoms with van der Waals surface area (Å²) in [5, 5.41) is 0.157. The van der Waals surface area contributed by atoms with Crippen molar-refractivity contribution in [2.24, 2.45) is 0 Å². The first kappa shape index (κ1) is 14.6. The van der Waals surface area contributed by atoms with E-state index in [9.17, 15) is 9.59 Å². The summed E-state index contributed by atoms with van der Waals surface area (Å²) in [4.78, 5) is 25.1. The Morgan fingerprint density at radius 1 is 1.53 bits per heavy atom. The minimum Gasteiger partial charge on any atom is -0.311 e. The second kappa shape index (κ2) is 6.09. The lowest BCUT2D eigenvalue weighted by Crippen LogP contribution is -2.26. The number of thioether (sulfide) groups is 1. The van der Waals surface area contributed by atoms with E-state index in [0.29, 0.717) is 13.0 Å². The quantitative estimate of drug-likeness (QED) is 0.845. The second-order valence-electron chi connectivity index (χ2n) is 4.57. The number of hydrogen-bond donors (Lipinski definition) is 0. The van der Waals surface area contributed by atoms with E-state index >= 15 is 0 Å². The highest BCUT2D eigenvalue weighted by Crippen LogP contribution is 2.32. The van der Waals surface area contributed by atoms with Gasteiger partial charge in [0.05, 0.1) is 0 Å². The van der Waals surface area contributed by atoms with Crippen molar-refractivity contribution in [3.8, 4) is 0 Å². The number of carbonyl (C=O) groups excluding carboxylic acids is 2. The molecule has 2 rings (SSSR count). The number of anilines is 1. The number of rotatable bonds is 3. The van der Waals surface area contributed by atoms with E-state index in [0.717, 1.165) is 22.1 Å². The first-order chi connectivity index (χ1) is 9.01. The molecule has 1 atom stereocenters. The van der Waals surface area contributed by atoms with Crippen LogP contribution in [-0.2, 0) is 16.0 Å². The highest BCUT2D eigenvalue weighted by atomic mass is 79.9. The molecule has 0 saturated carbocycles. The van der Waals surface area contributed by atoms with Crippen molar-refractivity contribution in [1.29, 1.82) is 0 Å². The number of carbonyl (C=O) groups is 2. The van der Waals surface area contributed by atoms with Gasteiger partial charge < -0.3 is 4.90 Å². The first-order valence-corrected chi connectivity index (χ1v) is 7.94. The van der Waals surface area contributed by atoms with Crippen LogP contribution in [0.2, 0.25) is 0 Å². The summed E-state index contributed by atoms with van der Waals surface area (Å²) in [6.45, 7) is 4.25. The molecule has 0 aliphatic carbocycles. The third-order valence-electron chi connectivity index (χ3n) is 3.14. The smallest absolute Gasteiger partial charge is 0.228 e. The molecule has 3 nitrogen and oxygen atoms in total. The maximum Gasteiger partial charge on any atom is 0.228 e. The van der Waals surface area contributed by atoms with Crippen LogP contribution in [0, 0.1) is 0 Å². The van der Waals surface area contributed by atoms with Crippen molar-refractivity contribution in [3.05, 3.63) is 28.2 Å². The Balaban J connectivity index is 2.23. The number of benzene rings is 1. The monoisotopic (exact) mass is 341 g/mol. The van der Waals surface area contributed by atoms with Crippen molar-refractivity contribution in [2.45, 2.75) is 31.9 Å². The van der Waals surface area contributed by atoms with Gasteiger partial charge in [0.25, 0.3) is 0 Å². The Morgan fingerprint density at radius 2 is 2.26 bits per heavy atom. The largest absolute Gasteiger partial charge is 0.311 e. The van der Waals surface area contributed by atoms with Gasteiger partial charge in [-0.25, -0.2) is 0 Å². The maximum absolute atomic E-state index is 12.1. The van der Waals surface area contributed by atoms with Crippen LogP contribution in [0.15, 0.2) is 22.7 Å². The summed E-state index contributed by atoms with van der Waals surface area (Å²) in [6.07, 6.45) is 1.33. The molecule has 1 aliphatic rings. The third kappa shape index (κ3) is 3.39. The zero-order valence-electron chi connectivity index (χ0n) is 11.0. The number of nitrogens with zero attached hydrogens (tertiary/aromatic N) is 1. The topological polar surface area (TPSA) is 37.4 Å². The lowest BCUT2D eigenvalue weighted by Gasteiger charge is -2.20. The average molecular weight is 342 g/mol. The van der Waals surface area contributed by atoms with E-state index in [-0.39, 0.29) is 16.3 Å². The molecule has 19 heavy (non-hydrogen) atoms. The highest BCUT2D eigenvalue weighted by molar-refractivity contribution is 9.10. The van der Waals surface area contributed by atoms with E-state index in [4.69, 9.17) is 0 Å². The fraction of sp³-hybridized carbons (Fsp3) is 0.429. The molecule has 5 heteroatoms. The zero-order chi connectivity index (χ0) is 14.0. The van der Waals surface area contributed by atoms with Crippen LogP contribution in [0.1, 0.15) is 25.8 Å². The number of hydrogen-bond acceptors (Lipinski definition) is 3. The van der Waals surface area contributed by atoms with Crippen LogP contribution < -0.4 is 4.90 Å². The molecule has 1 heterocycles. The van der Waals surface area contributed by atoms with Crippen molar-refractivity contribution < 1.29 is 9.59 Å². The minimum absolute atomic E-state index is 0.0752. The van der Waals surface area contributed by atoms with Crippen LogP contribution >= 0.6 is 27.7 Å². The average Bonchev–Trinajstić information content (AvgIpc) is 2.69. The van der Waals surface area contributed by atoms with Crippen molar-refractivity contribution in [2.75, 3.05) is 11.4 Å². The molecule has 0 N–H and O–H groups in total. The van der Waals surface area contributed by atoms with Gasteiger partial charge in [0, 0.05) is 35.3 Å². The summed E-state index contributed by atoms with van der Waals surface area (Å²) < 4.78 is 1.02. The first-order valence-electron chi connectivity index (χ1n) is 6.27. The van der Waals surface area contributed by atoms with Gasteiger partial charge in [-0.05, 0) is 30.2 Å². The molecular formula is C14H16BrNO2S. The van der Waals surface area contributed by atoms with E-state index in [1.54, 1.807) is 6.92 Å². The molecule has 0 bridgehead atoms. The molecule has 0 spiro atoms. The van der Waals surface area contributed by atoms with Crippen LogP contribution in [0.5, 0.6) is 0 Å². The van der Waals surface area contributed by atoms with Gasteiger partial charge in [-0.15, -0.1) is 0 Å². The molecule has 1 aliphatic heterocycles. The predicted molar refractivity (Wildman–Crippen MR) is 82.6 cm³/mol. The van der Waals surface area contributed by atoms with E-state index in [1.807, 2.05) is 23.1 Å². The fourth-order valence-corrected chi connectivity index (χ4v) is 3.65. The Hall–Kier alpha value is -0.810. The molecule has 1 unspecified atom stereocenters. The van der Waals surface area contributed by atoms with Crippen LogP contribution in [-0.4, -0.2) is 22.8 Å². The summed E-state index contributed by atoms with van der Waals surface area (Å²) in [6, 6.07) is 5.98. The standard InChI is InChI=1S/C14H16BrNO2S/c1-3-10-6-11(15)4-5-13(10)16-8-12(7-14(16)18)19-9(2)17/h4-6,12H,3,7-8H2,1-2H3. The summed E-state index contributed by atoms with van der Waals surface area (Å²) >= 11 is 4.72. The van der Waals surface area contributed by atoms with Crippen LogP contribution in [0.25, 0.3) is 0 Å². The van der Waals surface area contributed by atoms with E-state index in [2.05, 4.69) is 22.9 Å². The summed E-state index contributed by atoms with van der Waals surface area (Å²) in [7, 11) is 0. The highest BCUT2D eigenvalue weighted by Gasteiger charge is 2.32. The van der Waals surface area contributed by atoms with Gasteiger partial charge in [0.2, 0.25) is 5.91 Å². The van der Waals surface area contributed by atoms with Gasteiger partial charge in [-0.1, -0.05) is 34.6 Å². The maximum atomic E-state index is 12.1. The molecule has 0 aromatic heterocycles. The Bertz CT molecular complexity index is 518. The van der Waals surface area contributed by atoms with Gasteiger partial charge >= 0.3 is 0 Å². The number of amides is 1. The molecule has 102 valence electrons. The van der Waals surface area contributed by atoms with Gasteiger partial charge in [0.1, 0.15) is 0 Å². The fourth-order valence-electron chi connectivity index (χ4n) is 2.32. The van der Waals surface area contributed by atoms with E-state index < -0.39 is 0 Å². The van der Waals surface area contributed by atoms with Gasteiger partial charge in [-0.2, -0.15) is 0 Å². The molecule has 1 amide bonds. The second-order valence-corrected chi connectivity index (χ2v) is 6.96. The lowest BCUT2D eigenvalue weighted by molar-refractivity contribution is -0.117. The lowest BCUT2D eigenvalue weighted by atomic mass is 10.1. The molecule has 0 radical (unpaired) electrons. The van der Waals surface area contributed by atoms with Crippen LogP contribution in [0.4, 0.5) is 5.69 Å². The predicted octanol–water partition coefficient (Wildman–Crippen LogP) is 3.40. The molecule has 1 aromatic carbocycles. The molecular weight excluding hydrogens is 326 g/mol. The minimum atomic E-state index is 0.0752. The molecule has 1 saturated heterocycles. The van der Waals surface area contributed by atoms with Crippen LogP contribution in [0.3, 0.4) is 0 Å². The molecule has 1 fully saturated rings. The van der Waals surface area contributed by atoms with Crippen molar-refractivity contribution in [1.82, 2.24) is 0 Å². The number of aryl methyl sites for hydroxylation is 1. The van der Waals surface area contributed by atoms with Crippen molar-refractivity contribution >= 4 is 44.4 Å². The summed E-state index contributed by atoms with van der Waals surface area (Å²) in [5.41, 5.74) is 2.12. The Labute approximate surface area is 125 Å². The van der Waals surface area contributed by atoms with Gasteiger partial charge in [0.15, 0.2) is 5.12 Å². The number of halogens is 1. The van der Waals surface area contributed by atoms with Gasteiger partial charge in [-0.3, -0.25) is 9.59 Å². The summed E-state index contributed by atoms with van der Waals surface area (Å²) in [5.74, 6) is 0.107. The van der Waals surface area contributed by atoms with E-state index in [1.165, 1.54) is 11.8 Å². The zero-order valence-corrected chi connectivity index (χ0v) is 13.4. The van der Waals surface area contributed by atoms with Crippen molar-refractivity contribution in [3.63, 3.8) is 0 Å². The molecule has 1 aromatic rings. The third-order valence-corrected chi connectivity index (χ3v) is 4.61.